The summed E-state index contributed by atoms with van der Waals surface area (Å²) >= 11 is 0. The second-order valence-electron chi connectivity index (χ2n) is 30.6. The van der Waals surface area contributed by atoms with Gasteiger partial charge in [-0.15, -0.1) is 0 Å². The summed E-state index contributed by atoms with van der Waals surface area (Å²) in [7, 11) is 4.04. The van der Waals surface area contributed by atoms with Crippen LogP contribution < -0.4 is 16.2 Å². The average molecular weight is 1370 g/mol. The number of benzene rings is 5. The number of aromatic nitrogens is 7. The van der Waals surface area contributed by atoms with Gasteiger partial charge in [0.05, 0.1) is 22.8 Å². The highest BCUT2D eigenvalue weighted by Crippen LogP contribution is 2.43. The maximum absolute atomic E-state index is 12.4. The summed E-state index contributed by atoms with van der Waals surface area (Å²) in [5.74, 6) is 3.54. The van der Waals surface area contributed by atoms with Gasteiger partial charge < -0.3 is 20.5 Å². The summed E-state index contributed by atoms with van der Waals surface area (Å²) < 4.78 is 6.33. The Morgan fingerprint density at radius 2 is 1.12 bits per heavy atom. The van der Waals surface area contributed by atoms with Gasteiger partial charge in [-0.3, -0.25) is 32.4 Å². The SMILES string of the molecule is CC(C)C1CCC(c2ccc(Cc3ccc(-c4ccc5c(c4)CCC5=O)n4ccnc34)cc2C(C)(C)C)CC1.CN(C)CCCNC(=O)c1ccc(Nc2ccc(-c3ccc4c(c3)CCC4=O)n3ccnc23)cc1.O=c1cc(-c2ccc(Cc3ccc(C4CCCCC4)cc3)c3nccn23)cc[nH]1. The number of imidazole rings is 3. The molecule has 14 heteroatoms. The quantitative estimate of drug-likeness (QED) is 0.0753. The molecule has 526 valence electrons. The number of anilines is 2. The molecular weight excluding hydrogens is 1270 g/mol. The molecule has 0 atom stereocenters. The Hall–Kier alpha value is -10.3. The van der Waals surface area contributed by atoms with Crippen molar-refractivity contribution in [1.82, 2.24) is 43.4 Å². The molecule has 0 radical (unpaired) electrons. The van der Waals surface area contributed by atoms with Crippen LogP contribution in [0, 0.1) is 11.8 Å². The number of nitrogens with one attached hydrogen (secondary N) is 3. The van der Waals surface area contributed by atoms with E-state index in [0.29, 0.717) is 30.9 Å². The second kappa shape index (κ2) is 30.7. The van der Waals surface area contributed by atoms with Crippen LogP contribution in [0.15, 0.2) is 200 Å². The van der Waals surface area contributed by atoms with E-state index in [1.54, 1.807) is 24.0 Å². The second-order valence-corrected chi connectivity index (χ2v) is 30.6. The van der Waals surface area contributed by atoms with E-state index >= 15 is 0 Å². The minimum atomic E-state index is -0.0992. The molecule has 7 aromatic heterocycles. The Balaban J connectivity index is 0.000000132. The monoisotopic (exact) mass is 1370 g/mol. The molecule has 5 aromatic carbocycles. The van der Waals surface area contributed by atoms with Crippen LogP contribution in [-0.4, -0.2) is 82.7 Å². The van der Waals surface area contributed by atoms with Gasteiger partial charge in [0.25, 0.3) is 5.91 Å². The number of fused-ring (bicyclic) bond motifs is 5. The summed E-state index contributed by atoms with van der Waals surface area (Å²) in [6.45, 7) is 13.5. The number of amides is 1. The third kappa shape index (κ3) is 15.7. The number of pyridine rings is 4. The lowest BCUT2D eigenvalue weighted by Crippen LogP contribution is -2.27. The van der Waals surface area contributed by atoms with Crippen LogP contribution in [0.25, 0.3) is 50.7 Å². The van der Waals surface area contributed by atoms with Gasteiger partial charge in [0.1, 0.15) is 11.3 Å². The van der Waals surface area contributed by atoms with E-state index in [-0.39, 0.29) is 28.4 Å². The first-order chi connectivity index (χ1) is 50.0. The molecule has 0 saturated heterocycles. The molecule has 0 bridgehead atoms. The van der Waals surface area contributed by atoms with Gasteiger partial charge in [-0.1, -0.05) is 133 Å². The normalized spacial score (nSPS) is 16.0. The third-order valence-electron chi connectivity index (χ3n) is 21.9. The molecule has 16 rings (SSSR count). The van der Waals surface area contributed by atoms with E-state index in [0.717, 1.165) is 135 Å². The van der Waals surface area contributed by atoms with Crippen LogP contribution in [0.4, 0.5) is 11.4 Å². The van der Waals surface area contributed by atoms with E-state index in [2.05, 4.69) is 175 Å². The number of aryl methyl sites for hydroxylation is 2. The lowest BCUT2D eigenvalue weighted by molar-refractivity contribution is 0.0950. The summed E-state index contributed by atoms with van der Waals surface area (Å²) in [5.41, 5.74) is 25.1. The molecule has 14 nitrogen and oxygen atoms in total. The van der Waals surface area contributed by atoms with Crippen molar-refractivity contribution < 1.29 is 14.4 Å². The van der Waals surface area contributed by atoms with E-state index < -0.39 is 0 Å². The maximum atomic E-state index is 12.4. The standard InChI is InChI=1S/C36H42N2O.C28H29N5O2.C25H25N3O/c1-23(2)25-7-9-26(10-8-25)30-14-6-24(21-32(30)36(3,4)5)20-29-12-16-33(38-19-18-37-35(29)38)28-11-15-31-27(22-28)13-17-34(31)39;1-32(2)16-3-14-30-28(35)19-4-8-22(9-5-19)31-24-11-12-25(33-17-15-29-27(24)33)21-6-10-23-20(18-21)7-13-26(23)34;29-24-17-21(12-13-26-24)23-11-10-22(25-27-14-15-28(23)25)16-18-6-8-20(9-7-18)19-4-2-1-3-5-19/h6,11-12,14-16,18-19,21-23,25-26H,7-10,13,17,20H2,1-5H3;4-6,8-12,15,17-18,31H,3,7,13-14,16H2,1-2H3,(H,30,35);6-15,17,19H,1-5,16H2,(H,26,29). The van der Waals surface area contributed by atoms with Crippen molar-refractivity contribution in [3.63, 3.8) is 0 Å². The highest BCUT2D eigenvalue weighted by atomic mass is 16.2. The van der Waals surface area contributed by atoms with Crippen molar-refractivity contribution in [3.05, 3.63) is 272 Å². The molecule has 7 heterocycles. The number of hydrogen-bond donors (Lipinski definition) is 3. The molecule has 4 aliphatic carbocycles. The zero-order chi connectivity index (χ0) is 71.3. The fourth-order valence-electron chi connectivity index (χ4n) is 16.2. The Kier molecular flexibility index (Phi) is 20.8. The summed E-state index contributed by atoms with van der Waals surface area (Å²) in [6, 6.07) is 52.6. The minimum absolute atomic E-state index is 0.0636. The van der Waals surface area contributed by atoms with Crippen molar-refractivity contribution in [2.75, 3.05) is 32.5 Å². The first kappa shape index (κ1) is 69.8. The molecule has 1 amide bonds. The van der Waals surface area contributed by atoms with Crippen LogP contribution in [-0.2, 0) is 31.1 Å². The van der Waals surface area contributed by atoms with Crippen LogP contribution in [0.1, 0.15) is 205 Å². The molecule has 0 unspecified atom stereocenters. The van der Waals surface area contributed by atoms with Gasteiger partial charge in [0.2, 0.25) is 5.56 Å². The molecule has 4 aliphatic rings. The smallest absolute Gasteiger partial charge is 0.251 e. The van der Waals surface area contributed by atoms with E-state index in [1.807, 2.05) is 93.5 Å². The maximum Gasteiger partial charge on any atom is 0.251 e. The average Bonchev–Trinajstić information content (AvgIpc) is 1.76. The predicted molar refractivity (Wildman–Crippen MR) is 416 cm³/mol. The number of H-pyrrole nitrogens is 1. The molecule has 3 N–H and O–H groups in total. The lowest BCUT2D eigenvalue weighted by atomic mass is 9.71. The Morgan fingerprint density at radius 1 is 0.563 bits per heavy atom. The minimum Gasteiger partial charge on any atom is -0.352 e. The van der Waals surface area contributed by atoms with Gasteiger partial charge >= 0.3 is 0 Å². The summed E-state index contributed by atoms with van der Waals surface area (Å²) in [5, 5.41) is 6.39. The topological polar surface area (TPSA) is 163 Å². The molecule has 12 aromatic rings. The van der Waals surface area contributed by atoms with Gasteiger partial charge in [0.15, 0.2) is 17.2 Å². The Labute approximate surface area is 605 Å². The van der Waals surface area contributed by atoms with E-state index in [1.165, 1.54) is 96.7 Å². The van der Waals surface area contributed by atoms with Gasteiger partial charge in [-0.2, -0.15) is 0 Å². The Bertz CT molecular complexity index is 5110. The molecule has 103 heavy (non-hydrogen) atoms. The molecular formula is C89H96N10O4. The number of Topliss-reactive ketones (excluding diaryl/α,β-unsaturated/α-hetero) is 2. The number of aromatic amines is 1. The van der Waals surface area contributed by atoms with Crippen molar-refractivity contribution in [2.24, 2.45) is 11.8 Å². The number of rotatable bonds is 17. The summed E-state index contributed by atoms with van der Waals surface area (Å²) in [6.07, 6.45) is 30.8. The number of ketones is 2. The summed E-state index contributed by atoms with van der Waals surface area (Å²) in [4.78, 5) is 66.9. The lowest BCUT2D eigenvalue weighted by Gasteiger charge is -2.34. The van der Waals surface area contributed by atoms with Crippen molar-refractivity contribution >= 4 is 45.8 Å². The molecule has 0 aliphatic heterocycles. The fourth-order valence-corrected chi connectivity index (χ4v) is 16.2. The van der Waals surface area contributed by atoms with Gasteiger partial charge in [-0.05, 0) is 235 Å². The highest BCUT2D eigenvalue weighted by molar-refractivity contribution is 6.02. The zero-order valence-corrected chi connectivity index (χ0v) is 60.8. The third-order valence-corrected chi connectivity index (χ3v) is 21.9. The van der Waals surface area contributed by atoms with Crippen molar-refractivity contribution in [2.45, 2.75) is 155 Å². The number of carbonyl (C=O) groups excluding carboxylic acids is 3. The van der Waals surface area contributed by atoms with Crippen LogP contribution in [0.2, 0.25) is 0 Å². The first-order valence-electron chi connectivity index (χ1n) is 37.4. The largest absolute Gasteiger partial charge is 0.352 e. The first-order valence-corrected chi connectivity index (χ1v) is 37.4. The zero-order valence-electron chi connectivity index (χ0n) is 60.8. The predicted octanol–water partition coefficient (Wildman–Crippen LogP) is 18.8. The van der Waals surface area contributed by atoms with Crippen LogP contribution in [0.3, 0.4) is 0 Å². The van der Waals surface area contributed by atoms with E-state index in [4.69, 9.17) is 4.98 Å². The number of carbonyl (C=O) groups is 3. The molecule has 0 spiro atoms. The van der Waals surface area contributed by atoms with Crippen molar-refractivity contribution in [3.8, 4) is 33.8 Å². The van der Waals surface area contributed by atoms with E-state index in [9.17, 15) is 19.2 Å². The fraction of sp³-hybridized carbons (Fsp3) is 0.337. The Morgan fingerprint density at radius 3 is 1.69 bits per heavy atom. The molecule has 2 fully saturated rings. The van der Waals surface area contributed by atoms with Crippen molar-refractivity contribution in [1.29, 1.82) is 0 Å². The van der Waals surface area contributed by atoms with Crippen LogP contribution >= 0.6 is 0 Å². The van der Waals surface area contributed by atoms with Crippen LogP contribution in [0.5, 0.6) is 0 Å². The molecule has 2 saturated carbocycles. The highest BCUT2D eigenvalue weighted by Gasteiger charge is 2.30. The number of hydrogen-bond acceptors (Lipinski definition) is 9. The van der Waals surface area contributed by atoms with Gasteiger partial charge in [0, 0.05) is 110 Å². The van der Waals surface area contributed by atoms with Gasteiger partial charge in [-0.25, -0.2) is 15.0 Å². The number of nitrogens with zero attached hydrogens (tertiary/aromatic N) is 7.